The first kappa shape index (κ1) is 17.1. The van der Waals surface area contributed by atoms with Crippen LogP contribution in [0.5, 0.6) is 5.75 Å². The summed E-state index contributed by atoms with van der Waals surface area (Å²) in [7, 11) is 0. The molecule has 0 saturated carbocycles. The monoisotopic (exact) mass is 309 g/mol. The molecule has 2 aromatic rings. The first-order valence-corrected chi connectivity index (χ1v) is 7.85. The van der Waals surface area contributed by atoms with Gasteiger partial charge in [-0.2, -0.15) is 0 Å². The Morgan fingerprint density at radius 2 is 1.70 bits per heavy atom. The molecule has 2 N–H and O–H groups in total. The highest BCUT2D eigenvalue weighted by Crippen LogP contribution is 2.17. The zero-order valence-corrected chi connectivity index (χ0v) is 13.6. The van der Waals surface area contributed by atoms with E-state index < -0.39 is 6.10 Å². The van der Waals surface area contributed by atoms with E-state index in [4.69, 9.17) is 4.74 Å². The maximum absolute atomic E-state index is 9.93. The van der Waals surface area contributed by atoms with Crippen LogP contribution < -0.4 is 10.1 Å². The first-order chi connectivity index (χ1) is 11.1. The van der Waals surface area contributed by atoms with Gasteiger partial charge in [0, 0.05) is 18.2 Å². The lowest BCUT2D eigenvalue weighted by Crippen LogP contribution is -2.35. The van der Waals surface area contributed by atoms with Gasteiger partial charge in [0.15, 0.2) is 0 Å². The molecule has 2 rings (SSSR count). The van der Waals surface area contributed by atoms with Gasteiger partial charge in [0.05, 0.1) is 5.56 Å². The fourth-order valence-electron chi connectivity index (χ4n) is 1.97. The standard InChI is InChI=1S/C20H23NO2/c1-16(2)21-14-19(22)15-23-20-11-7-6-10-18(20)13-12-17-8-4-3-5-9-17/h3-11,16,19,21-22H,14-15H2,1-2H3. The first-order valence-electron chi connectivity index (χ1n) is 7.85. The molecule has 0 aliphatic heterocycles. The second-order valence-corrected chi connectivity index (χ2v) is 5.64. The summed E-state index contributed by atoms with van der Waals surface area (Å²) in [5.41, 5.74) is 1.78. The van der Waals surface area contributed by atoms with Crippen LogP contribution in [-0.4, -0.2) is 30.4 Å². The lowest BCUT2D eigenvalue weighted by atomic mass is 10.1. The summed E-state index contributed by atoms with van der Waals surface area (Å²) in [6, 6.07) is 17.8. The number of benzene rings is 2. The number of hydrogen-bond donors (Lipinski definition) is 2. The molecule has 0 spiro atoms. The lowest BCUT2D eigenvalue weighted by molar-refractivity contribution is 0.104. The third-order valence-corrected chi connectivity index (χ3v) is 3.20. The van der Waals surface area contributed by atoms with Gasteiger partial charge in [-0.3, -0.25) is 0 Å². The minimum absolute atomic E-state index is 0.240. The third-order valence-electron chi connectivity index (χ3n) is 3.20. The molecule has 1 atom stereocenters. The summed E-state index contributed by atoms with van der Waals surface area (Å²) >= 11 is 0. The van der Waals surface area contributed by atoms with E-state index in [0.29, 0.717) is 18.3 Å². The molecule has 0 heterocycles. The van der Waals surface area contributed by atoms with Crippen LogP contribution in [0.4, 0.5) is 0 Å². The molecule has 120 valence electrons. The van der Waals surface area contributed by atoms with Gasteiger partial charge in [0.2, 0.25) is 0 Å². The van der Waals surface area contributed by atoms with Gasteiger partial charge in [-0.25, -0.2) is 0 Å². The Balaban J connectivity index is 1.99. The number of ether oxygens (including phenoxy) is 1. The minimum atomic E-state index is -0.549. The Hall–Kier alpha value is -2.28. The van der Waals surface area contributed by atoms with Gasteiger partial charge in [-0.1, -0.05) is 56.0 Å². The van der Waals surface area contributed by atoms with E-state index >= 15 is 0 Å². The van der Waals surface area contributed by atoms with Gasteiger partial charge in [0.25, 0.3) is 0 Å². The SMILES string of the molecule is CC(C)NCC(O)COc1ccccc1C#Cc1ccccc1. The quantitative estimate of drug-likeness (QED) is 0.806. The van der Waals surface area contributed by atoms with Crippen molar-refractivity contribution in [2.75, 3.05) is 13.2 Å². The smallest absolute Gasteiger partial charge is 0.135 e. The van der Waals surface area contributed by atoms with Crippen LogP contribution in [0.3, 0.4) is 0 Å². The fraction of sp³-hybridized carbons (Fsp3) is 0.300. The summed E-state index contributed by atoms with van der Waals surface area (Å²) in [5, 5.41) is 13.1. The van der Waals surface area contributed by atoms with E-state index in [0.717, 1.165) is 11.1 Å². The van der Waals surface area contributed by atoms with Gasteiger partial charge in [-0.15, -0.1) is 0 Å². The summed E-state index contributed by atoms with van der Waals surface area (Å²) in [5.74, 6) is 6.95. The highest BCUT2D eigenvalue weighted by molar-refractivity contribution is 5.49. The van der Waals surface area contributed by atoms with Gasteiger partial charge >= 0.3 is 0 Å². The molecule has 3 heteroatoms. The summed E-state index contributed by atoms with van der Waals surface area (Å²) in [6.45, 7) is 4.84. The van der Waals surface area contributed by atoms with Crippen molar-refractivity contribution in [1.82, 2.24) is 5.32 Å². The Morgan fingerprint density at radius 3 is 2.43 bits per heavy atom. The minimum Gasteiger partial charge on any atom is -0.490 e. The highest BCUT2D eigenvalue weighted by atomic mass is 16.5. The molecule has 0 amide bonds. The molecule has 0 aliphatic rings. The zero-order valence-electron chi connectivity index (χ0n) is 13.6. The molecule has 23 heavy (non-hydrogen) atoms. The van der Waals surface area contributed by atoms with Crippen molar-refractivity contribution in [1.29, 1.82) is 0 Å². The Labute approximate surface area is 138 Å². The average molecular weight is 309 g/mol. The van der Waals surface area contributed by atoms with E-state index in [1.165, 1.54) is 0 Å². The predicted molar refractivity (Wildman–Crippen MR) is 93.5 cm³/mol. The lowest BCUT2D eigenvalue weighted by Gasteiger charge is -2.15. The fourth-order valence-corrected chi connectivity index (χ4v) is 1.97. The Bertz CT molecular complexity index is 656. The van der Waals surface area contributed by atoms with Crippen molar-refractivity contribution < 1.29 is 9.84 Å². The van der Waals surface area contributed by atoms with Crippen LogP contribution in [-0.2, 0) is 0 Å². The van der Waals surface area contributed by atoms with E-state index in [2.05, 4.69) is 17.2 Å². The summed E-state index contributed by atoms with van der Waals surface area (Å²) in [6.07, 6.45) is -0.549. The third kappa shape index (κ3) is 6.15. The molecule has 0 fully saturated rings. The van der Waals surface area contributed by atoms with Crippen LogP contribution in [0, 0.1) is 11.8 Å². The van der Waals surface area contributed by atoms with Crippen LogP contribution >= 0.6 is 0 Å². The molecule has 0 radical (unpaired) electrons. The predicted octanol–water partition coefficient (Wildman–Crippen LogP) is 2.82. The number of hydrogen-bond acceptors (Lipinski definition) is 3. The van der Waals surface area contributed by atoms with Crippen LogP contribution in [0.15, 0.2) is 54.6 Å². The van der Waals surface area contributed by atoms with E-state index in [1.807, 2.05) is 68.4 Å². The highest BCUT2D eigenvalue weighted by Gasteiger charge is 2.07. The molecule has 0 aliphatic carbocycles. The zero-order chi connectivity index (χ0) is 16.5. The van der Waals surface area contributed by atoms with E-state index in [9.17, 15) is 5.11 Å². The van der Waals surface area contributed by atoms with Crippen molar-refractivity contribution in [2.45, 2.75) is 26.0 Å². The molecule has 0 bridgehead atoms. The van der Waals surface area contributed by atoms with Crippen molar-refractivity contribution in [3.05, 3.63) is 65.7 Å². The van der Waals surface area contributed by atoms with E-state index in [-0.39, 0.29) is 6.61 Å². The average Bonchev–Trinajstić information content (AvgIpc) is 2.58. The number of rotatable bonds is 6. The van der Waals surface area contributed by atoms with Crippen molar-refractivity contribution in [3.63, 3.8) is 0 Å². The molecule has 0 saturated heterocycles. The molecular weight excluding hydrogens is 286 g/mol. The second kappa shape index (κ2) is 8.99. The van der Waals surface area contributed by atoms with Crippen LogP contribution in [0.2, 0.25) is 0 Å². The van der Waals surface area contributed by atoms with Gasteiger partial charge in [0.1, 0.15) is 18.5 Å². The molecule has 3 nitrogen and oxygen atoms in total. The van der Waals surface area contributed by atoms with Gasteiger partial charge in [-0.05, 0) is 24.3 Å². The largest absolute Gasteiger partial charge is 0.490 e. The summed E-state index contributed by atoms with van der Waals surface area (Å²) < 4.78 is 5.73. The van der Waals surface area contributed by atoms with Crippen molar-refractivity contribution in [3.8, 4) is 17.6 Å². The van der Waals surface area contributed by atoms with Gasteiger partial charge < -0.3 is 15.2 Å². The Kier molecular flexibility index (Phi) is 6.68. The molecule has 1 unspecified atom stereocenters. The maximum atomic E-state index is 9.93. The number of aliphatic hydroxyl groups is 1. The topological polar surface area (TPSA) is 41.5 Å². The molecular formula is C20H23NO2. The Morgan fingerprint density at radius 1 is 1.00 bits per heavy atom. The number of nitrogens with one attached hydrogen (secondary N) is 1. The number of aliphatic hydroxyl groups excluding tert-OH is 1. The number of para-hydroxylation sites is 1. The second-order valence-electron chi connectivity index (χ2n) is 5.64. The van der Waals surface area contributed by atoms with E-state index in [1.54, 1.807) is 0 Å². The van der Waals surface area contributed by atoms with Crippen LogP contribution in [0.1, 0.15) is 25.0 Å². The summed E-state index contributed by atoms with van der Waals surface area (Å²) in [4.78, 5) is 0. The molecule has 2 aromatic carbocycles. The van der Waals surface area contributed by atoms with Crippen LogP contribution in [0.25, 0.3) is 0 Å². The maximum Gasteiger partial charge on any atom is 0.135 e. The normalized spacial score (nSPS) is 11.7. The van der Waals surface area contributed by atoms with Crippen molar-refractivity contribution >= 4 is 0 Å². The van der Waals surface area contributed by atoms with Crippen molar-refractivity contribution in [2.24, 2.45) is 0 Å². The molecule has 0 aromatic heterocycles.